The van der Waals surface area contributed by atoms with Crippen LogP contribution in [0.5, 0.6) is 0 Å². The zero-order chi connectivity index (χ0) is 22.0. The van der Waals surface area contributed by atoms with E-state index in [2.05, 4.69) is 0 Å². The van der Waals surface area contributed by atoms with E-state index in [1.54, 1.807) is 28.9 Å². The van der Waals surface area contributed by atoms with E-state index in [4.69, 9.17) is 28.9 Å². The molecule has 0 unspecified atom stereocenters. The molecule has 0 saturated heterocycles. The lowest BCUT2D eigenvalue weighted by Gasteiger charge is -2.17. The molecule has 0 fully saturated rings. The van der Waals surface area contributed by atoms with Crippen LogP contribution in [0.25, 0.3) is 17.1 Å². The summed E-state index contributed by atoms with van der Waals surface area (Å²) in [5, 5.41) is 5.07. The number of aromatic nitrogens is 3. The summed E-state index contributed by atoms with van der Waals surface area (Å²) < 4.78 is 31.6. The fraction of sp³-hybridized carbons (Fsp3) is 0.130. The maximum atomic E-state index is 14.2. The third kappa shape index (κ3) is 4.58. The summed E-state index contributed by atoms with van der Waals surface area (Å²) in [7, 11) is 1.84. The lowest BCUT2D eigenvalue weighted by Crippen LogP contribution is -2.23. The Kier molecular flexibility index (Phi) is 6.27. The van der Waals surface area contributed by atoms with Crippen LogP contribution < -0.4 is 0 Å². The quantitative estimate of drug-likeness (QED) is 0.328. The molecule has 0 radical (unpaired) electrons. The molecule has 0 aliphatic heterocycles. The third-order valence-electron chi connectivity index (χ3n) is 4.82. The van der Waals surface area contributed by atoms with Crippen LogP contribution in [0, 0.1) is 16.4 Å². The van der Waals surface area contributed by atoms with Crippen LogP contribution in [0.1, 0.15) is 5.56 Å². The first kappa shape index (κ1) is 21.4. The number of halogens is 3. The smallest absolute Gasteiger partial charge is 0.204 e. The van der Waals surface area contributed by atoms with Gasteiger partial charge >= 0.3 is 0 Å². The summed E-state index contributed by atoms with van der Waals surface area (Å²) in [6, 6.07) is 20.3. The summed E-state index contributed by atoms with van der Waals surface area (Å²) in [4.78, 5) is 1.87. The van der Waals surface area contributed by atoms with Gasteiger partial charge < -0.3 is 0 Å². The lowest BCUT2D eigenvalue weighted by molar-refractivity contribution is 0.241. The fourth-order valence-corrected chi connectivity index (χ4v) is 3.84. The zero-order valence-electron chi connectivity index (χ0n) is 16.7. The molecule has 0 aliphatic rings. The molecule has 4 aromatic rings. The second-order valence-corrected chi connectivity index (χ2v) is 7.91. The SMILES string of the molecule is CN(Cc1c(F)cccc1Cl)Cn1nc(-c2ccc(F)cc2)n(-c2ccccc2)c1=S. The van der Waals surface area contributed by atoms with E-state index in [-0.39, 0.29) is 18.2 Å². The minimum atomic E-state index is -0.357. The molecule has 3 aromatic carbocycles. The number of nitrogens with zero attached hydrogens (tertiary/aromatic N) is 4. The van der Waals surface area contributed by atoms with Crippen molar-refractivity contribution in [2.24, 2.45) is 0 Å². The standard InChI is InChI=1S/C23H19ClF2N4S/c1-28(14-19-20(24)8-5-9-21(19)26)15-29-23(31)30(18-6-3-2-4-7-18)22(27-29)16-10-12-17(25)13-11-16/h2-13H,14-15H2,1H3. The highest BCUT2D eigenvalue weighted by Gasteiger charge is 2.17. The highest BCUT2D eigenvalue weighted by atomic mass is 35.5. The van der Waals surface area contributed by atoms with E-state index in [1.807, 2.05) is 46.8 Å². The van der Waals surface area contributed by atoms with E-state index in [0.717, 1.165) is 11.3 Å². The Morgan fingerprint density at radius 2 is 1.68 bits per heavy atom. The average Bonchev–Trinajstić information content (AvgIpc) is 3.08. The highest BCUT2D eigenvalue weighted by Crippen LogP contribution is 2.24. The number of hydrogen-bond acceptors (Lipinski definition) is 3. The summed E-state index contributed by atoms with van der Waals surface area (Å²) in [6.07, 6.45) is 0. The predicted octanol–water partition coefficient (Wildman–Crippen LogP) is 6.09. The maximum Gasteiger partial charge on any atom is 0.204 e. The van der Waals surface area contributed by atoms with Gasteiger partial charge in [-0.15, -0.1) is 5.10 Å². The molecule has 0 bridgehead atoms. The Labute approximate surface area is 188 Å². The third-order valence-corrected chi connectivity index (χ3v) is 5.57. The summed E-state index contributed by atoms with van der Waals surface area (Å²) in [5.41, 5.74) is 1.99. The number of rotatable bonds is 6. The maximum absolute atomic E-state index is 14.2. The van der Waals surface area contributed by atoms with Crippen LogP contribution in [0.2, 0.25) is 5.02 Å². The molecule has 0 amide bonds. The van der Waals surface area contributed by atoms with Crippen LogP contribution in [0.15, 0.2) is 72.8 Å². The van der Waals surface area contributed by atoms with E-state index in [9.17, 15) is 8.78 Å². The van der Waals surface area contributed by atoms with Crippen LogP contribution in [-0.2, 0) is 13.2 Å². The van der Waals surface area contributed by atoms with Gasteiger partial charge in [-0.1, -0.05) is 35.9 Å². The van der Waals surface area contributed by atoms with Crippen molar-refractivity contribution in [1.82, 2.24) is 19.2 Å². The summed E-state index contributed by atoms with van der Waals surface area (Å²) in [6.45, 7) is 0.606. The monoisotopic (exact) mass is 456 g/mol. The fourth-order valence-electron chi connectivity index (χ4n) is 3.33. The van der Waals surface area contributed by atoms with Crippen molar-refractivity contribution in [3.8, 4) is 17.1 Å². The summed E-state index contributed by atoms with van der Waals surface area (Å²) in [5.74, 6) is -0.0900. The number of benzene rings is 3. The second kappa shape index (κ2) is 9.09. The Hall–Kier alpha value is -2.87. The Morgan fingerprint density at radius 3 is 2.35 bits per heavy atom. The molecule has 31 heavy (non-hydrogen) atoms. The molecule has 0 spiro atoms. The lowest BCUT2D eigenvalue weighted by atomic mass is 10.2. The predicted molar refractivity (Wildman–Crippen MR) is 121 cm³/mol. The molecule has 8 heteroatoms. The highest BCUT2D eigenvalue weighted by molar-refractivity contribution is 7.71. The van der Waals surface area contributed by atoms with E-state index in [0.29, 0.717) is 27.9 Å². The first-order valence-electron chi connectivity index (χ1n) is 9.56. The van der Waals surface area contributed by atoms with Crippen molar-refractivity contribution in [3.05, 3.63) is 99.8 Å². The molecular weight excluding hydrogens is 438 g/mol. The van der Waals surface area contributed by atoms with Crippen LogP contribution in [0.3, 0.4) is 0 Å². The summed E-state index contributed by atoms with van der Waals surface area (Å²) >= 11 is 11.9. The van der Waals surface area contributed by atoms with Crippen LogP contribution >= 0.6 is 23.8 Å². The van der Waals surface area contributed by atoms with Crippen molar-refractivity contribution in [1.29, 1.82) is 0 Å². The molecule has 0 aliphatic carbocycles. The van der Waals surface area contributed by atoms with Crippen molar-refractivity contribution < 1.29 is 8.78 Å². The topological polar surface area (TPSA) is 26.0 Å². The van der Waals surface area contributed by atoms with Crippen molar-refractivity contribution in [2.45, 2.75) is 13.2 Å². The van der Waals surface area contributed by atoms with Gasteiger partial charge in [0.1, 0.15) is 11.6 Å². The van der Waals surface area contributed by atoms with E-state index in [1.165, 1.54) is 18.2 Å². The molecule has 0 saturated carbocycles. The van der Waals surface area contributed by atoms with Crippen molar-refractivity contribution in [2.75, 3.05) is 7.05 Å². The number of para-hydroxylation sites is 1. The van der Waals surface area contributed by atoms with Crippen molar-refractivity contribution in [3.63, 3.8) is 0 Å². The van der Waals surface area contributed by atoms with Gasteiger partial charge in [0.15, 0.2) is 5.82 Å². The van der Waals surface area contributed by atoms with Gasteiger partial charge in [-0.25, -0.2) is 13.5 Å². The molecule has 158 valence electrons. The molecule has 0 atom stereocenters. The normalized spacial score (nSPS) is 11.3. The Balaban J connectivity index is 1.72. The van der Waals surface area contributed by atoms with Crippen LogP contribution in [0.4, 0.5) is 8.78 Å². The van der Waals surface area contributed by atoms with Gasteiger partial charge in [-0.2, -0.15) is 0 Å². The molecule has 1 heterocycles. The zero-order valence-corrected chi connectivity index (χ0v) is 18.2. The van der Waals surface area contributed by atoms with Gasteiger partial charge in [-0.05, 0) is 67.8 Å². The average molecular weight is 457 g/mol. The largest absolute Gasteiger partial charge is 0.283 e. The first-order valence-corrected chi connectivity index (χ1v) is 10.4. The minimum Gasteiger partial charge on any atom is -0.283 e. The molecule has 1 aromatic heterocycles. The molecular formula is C23H19ClF2N4S. The molecule has 0 N–H and O–H groups in total. The molecule has 4 nitrogen and oxygen atoms in total. The van der Waals surface area contributed by atoms with E-state index >= 15 is 0 Å². The van der Waals surface area contributed by atoms with Gasteiger partial charge in [0, 0.05) is 28.4 Å². The van der Waals surface area contributed by atoms with Crippen molar-refractivity contribution >= 4 is 23.8 Å². The minimum absolute atomic E-state index is 0.289. The van der Waals surface area contributed by atoms with Crippen LogP contribution in [-0.4, -0.2) is 26.3 Å². The molecule has 4 rings (SSSR count). The van der Waals surface area contributed by atoms with Gasteiger partial charge in [0.25, 0.3) is 0 Å². The van der Waals surface area contributed by atoms with Gasteiger partial charge in [0.05, 0.1) is 6.67 Å². The van der Waals surface area contributed by atoms with Gasteiger partial charge in [-0.3, -0.25) is 9.47 Å². The Morgan fingerprint density at radius 1 is 0.968 bits per heavy atom. The van der Waals surface area contributed by atoms with Gasteiger partial charge in [0.2, 0.25) is 4.77 Å². The second-order valence-electron chi connectivity index (χ2n) is 7.14. The number of hydrogen-bond donors (Lipinski definition) is 0. The Bertz CT molecular complexity index is 1230. The first-order chi connectivity index (χ1) is 14.9. The van der Waals surface area contributed by atoms with E-state index < -0.39 is 0 Å².